The van der Waals surface area contributed by atoms with E-state index >= 15 is 0 Å². The van der Waals surface area contributed by atoms with Crippen LogP contribution in [0.1, 0.15) is 33.1 Å². The molecule has 1 amide bonds. The van der Waals surface area contributed by atoms with Crippen LogP contribution in [0.15, 0.2) is 0 Å². The second-order valence-corrected chi connectivity index (χ2v) is 2.91. The zero-order chi connectivity index (χ0) is 10.3. The first kappa shape index (κ1) is 11.8. The molecule has 1 N–H and O–H groups in total. The van der Waals surface area contributed by atoms with Gasteiger partial charge in [0.15, 0.2) is 0 Å². The topological polar surface area (TPSA) is 63.2 Å². The Labute approximate surface area is 77.7 Å². The summed E-state index contributed by atoms with van der Waals surface area (Å²) < 4.78 is 0. The molecule has 0 heterocycles. The predicted octanol–water partition coefficient (Wildman–Crippen LogP) is 0.451. The van der Waals surface area contributed by atoms with Gasteiger partial charge in [-0.3, -0.25) is 14.4 Å². The zero-order valence-corrected chi connectivity index (χ0v) is 8.05. The summed E-state index contributed by atoms with van der Waals surface area (Å²) in [5.41, 5.74) is 0. The minimum atomic E-state index is -0.649. The van der Waals surface area contributed by atoms with Gasteiger partial charge in [-0.2, -0.15) is 0 Å². The lowest BCUT2D eigenvalue weighted by atomic mass is 10.2. The number of hydrogen-bond donors (Lipinski definition) is 1. The number of ketones is 2. The molecule has 0 aliphatic rings. The van der Waals surface area contributed by atoms with E-state index in [-0.39, 0.29) is 18.7 Å². The van der Waals surface area contributed by atoms with E-state index in [4.69, 9.17) is 0 Å². The minimum Gasteiger partial charge on any atom is -0.342 e. The normalized spacial score (nSPS) is 9.38. The Morgan fingerprint density at radius 2 is 1.85 bits per heavy atom. The first-order chi connectivity index (χ1) is 6.07. The summed E-state index contributed by atoms with van der Waals surface area (Å²) in [5.74, 6) is -1.25. The molecule has 0 rings (SSSR count). The van der Waals surface area contributed by atoms with Crippen LogP contribution in [0.25, 0.3) is 0 Å². The summed E-state index contributed by atoms with van der Waals surface area (Å²) in [6.07, 6.45) is 1.86. The van der Waals surface area contributed by atoms with E-state index in [1.807, 2.05) is 6.92 Å². The highest BCUT2D eigenvalue weighted by atomic mass is 16.2. The van der Waals surface area contributed by atoms with E-state index in [0.29, 0.717) is 6.42 Å². The van der Waals surface area contributed by atoms with E-state index in [2.05, 4.69) is 5.32 Å². The van der Waals surface area contributed by atoms with Crippen molar-refractivity contribution in [2.24, 2.45) is 0 Å². The maximum absolute atomic E-state index is 11.0. The third-order valence-electron chi connectivity index (χ3n) is 1.51. The van der Waals surface area contributed by atoms with E-state index in [9.17, 15) is 14.4 Å². The number of nitrogens with one attached hydrogen (secondary N) is 1. The van der Waals surface area contributed by atoms with Crippen LogP contribution in [0, 0.1) is 0 Å². The van der Waals surface area contributed by atoms with E-state index in [1.54, 1.807) is 0 Å². The van der Waals surface area contributed by atoms with E-state index in [0.717, 1.165) is 6.42 Å². The molecule has 4 nitrogen and oxygen atoms in total. The fourth-order valence-electron chi connectivity index (χ4n) is 0.754. The van der Waals surface area contributed by atoms with Crippen molar-refractivity contribution in [2.75, 3.05) is 6.54 Å². The molecule has 0 unspecified atom stereocenters. The monoisotopic (exact) mass is 185 g/mol. The van der Waals surface area contributed by atoms with Gasteiger partial charge >= 0.3 is 0 Å². The van der Waals surface area contributed by atoms with Crippen LogP contribution in [-0.4, -0.2) is 24.0 Å². The lowest BCUT2D eigenvalue weighted by Crippen LogP contribution is -2.34. The molecule has 0 aliphatic heterocycles. The number of rotatable bonds is 6. The van der Waals surface area contributed by atoms with Crippen molar-refractivity contribution < 1.29 is 14.4 Å². The highest BCUT2D eigenvalue weighted by Crippen LogP contribution is 1.94. The van der Waals surface area contributed by atoms with Crippen LogP contribution in [0.4, 0.5) is 0 Å². The molecule has 0 saturated heterocycles. The lowest BCUT2D eigenvalue weighted by molar-refractivity contribution is -0.138. The van der Waals surface area contributed by atoms with E-state index in [1.165, 1.54) is 6.92 Å². The van der Waals surface area contributed by atoms with Crippen molar-refractivity contribution in [1.82, 2.24) is 5.32 Å². The molecule has 13 heavy (non-hydrogen) atoms. The minimum absolute atomic E-state index is 0.0588. The molecular formula is C9H15NO3. The Hall–Kier alpha value is -1.19. The molecule has 0 atom stereocenters. The number of carbonyl (C=O) groups excluding carboxylic acids is 3. The van der Waals surface area contributed by atoms with Crippen molar-refractivity contribution >= 4 is 17.5 Å². The Morgan fingerprint density at radius 1 is 1.23 bits per heavy atom. The number of carbonyl (C=O) groups is 3. The SMILES string of the molecule is CCCCC(=O)C(=O)NCC(C)=O. The highest BCUT2D eigenvalue weighted by Gasteiger charge is 2.12. The summed E-state index contributed by atoms with van der Waals surface area (Å²) in [4.78, 5) is 32.4. The van der Waals surface area contributed by atoms with Crippen molar-refractivity contribution in [3.8, 4) is 0 Å². The molecule has 0 spiro atoms. The summed E-state index contributed by atoms with van der Waals surface area (Å²) in [6, 6.07) is 0. The largest absolute Gasteiger partial charge is 0.342 e. The van der Waals surface area contributed by atoms with Crippen LogP contribution < -0.4 is 5.32 Å². The predicted molar refractivity (Wildman–Crippen MR) is 48.2 cm³/mol. The average Bonchev–Trinajstić information content (AvgIpc) is 2.10. The van der Waals surface area contributed by atoms with Crippen LogP contribution in [-0.2, 0) is 14.4 Å². The molecule has 0 bridgehead atoms. The Balaban J connectivity index is 3.70. The Bertz CT molecular complexity index is 211. The molecule has 4 heteroatoms. The zero-order valence-electron chi connectivity index (χ0n) is 8.05. The van der Waals surface area contributed by atoms with Crippen LogP contribution in [0.3, 0.4) is 0 Å². The van der Waals surface area contributed by atoms with Crippen molar-refractivity contribution in [2.45, 2.75) is 33.1 Å². The summed E-state index contributed by atoms with van der Waals surface area (Å²) in [6.45, 7) is 3.24. The smallest absolute Gasteiger partial charge is 0.287 e. The second-order valence-electron chi connectivity index (χ2n) is 2.91. The van der Waals surface area contributed by atoms with Gasteiger partial charge in [0.25, 0.3) is 5.91 Å². The van der Waals surface area contributed by atoms with Gasteiger partial charge in [0.2, 0.25) is 5.78 Å². The van der Waals surface area contributed by atoms with Gasteiger partial charge in [0, 0.05) is 6.42 Å². The molecule has 0 aromatic heterocycles. The van der Waals surface area contributed by atoms with Gasteiger partial charge in [0.05, 0.1) is 6.54 Å². The van der Waals surface area contributed by atoms with Gasteiger partial charge in [-0.15, -0.1) is 0 Å². The summed E-state index contributed by atoms with van der Waals surface area (Å²) in [5, 5.41) is 2.25. The van der Waals surface area contributed by atoms with Gasteiger partial charge < -0.3 is 5.32 Å². The van der Waals surface area contributed by atoms with Gasteiger partial charge in [-0.25, -0.2) is 0 Å². The average molecular weight is 185 g/mol. The maximum Gasteiger partial charge on any atom is 0.287 e. The van der Waals surface area contributed by atoms with Crippen LogP contribution in [0.5, 0.6) is 0 Å². The van der Waals surface area contributed by atoms with Crippen LogP contribution in [0.2, 0.25) is 0 Å². The quantitative estimate of drug-likeness (QED) is 0.611. The maximum atomic E-state index is 11.0. The van der Waals surface area contributed by atoms with Gasteiger partial charge in [-0.05, 0) is 13.3 Å². The first-order valence-corrected chi connectivity index (χ1v) is 4.38. The molecule has 0 radical (unpaired) electrons. The fourth-order valence-corrected chi connectivity index (χ4v) is 0.754. The number of amides is 1. The molecule has 0 fully saturated rings. The van der Waals surface area contributed by atoms with E-state index < -0.39 is 11.7 Å². The fraction of sp³-hybridized carbons (Fsp3) is 0.667. The molecule has 0 saturated carbocycles. The summed E-state index contributed by atoms with van der Waals surface area (Å²) >= 11 is 0. The highest BCUT2D eigenvalue weighted by molar-refractivity contribution is 6.36. The third kappa shape index (κ3) is 6.02. The molecule has 0 aromatic carbocycles. The molecule has 0 aromatic rings. The molecular weight excluding hydrogens is 170 g/mol. The van der Waals surface area contributed by atoms with Crippen molar-refractivity contribution in [3.05, 3.63) is 0 Å². The first-order valence-electron chi connectivity index (χ1n) is 4.38. The standard InChI is InChI=1S/C9H15NO3/c1-3-4-5-8(12)9(13)10-6-7(2)11/h3-6H2,1-2H3,(H,10,13). The van der Waals surface area contributed by atoms with Crippen molar-refractivity contribution in [1.29, 1.82) is 0 Å². The second kappa shape index (κ2) is 6.34. The third-order valence-corrected chi connectivity index (χ3v) is 1.51. The van der Waals surface area contributed by atoms with Crippen molar-refractivity contribution in [3.63, 3.8) is 0 Å². The summed E-state index contributed by atoms with van der Waals surface area (Å²) in [7, 11) is 0. The Kier molecular flexibility index (Phi) is 5.76. The number of Topliss-reactive ketones (excluding diaryl/α,β-unsaturated/α-hetero) is 2. The van der Waals surface area contributed by atoms with Gasteiger partial charge in [0.1, 0.15) is 5.78 Å². The molecule has 0 aliphatic carbocycles. The lowest BCUT2D eigenvalue weighted by Gasteiger charge is -2.00. The Morgan fingerprint density at radius 3 is 2.31 bits per heavy atom. The van der Waals surface area contributed by atoms with Gasteiger partial charge in [-0.1, -0.05) is 13.3 Å². The number of hydrogen-bond acceptors (Lipinski definition) is 3. The number of unbranched alkanes of at least 4 members (excludes halogenated alkanes) is 1. The molecule has 74 valence electrons. The van der Waals surface area contributed by atoms with Crippen LogP contribution >= 0.6 is 0 Å².